The number of thiazole rings is 1. The SMILES string of the molecule is CC(=O)O.CC(=O)O.O=C(NCCc1nc2c(s1)CCC2)[C@H]1[C@@H]2CNC[C@@H](C2)[C@@H]2CCCC(=O)N21. The zero-order valence-electron chi connectivity index (χ0n) is 20.4. The van der Waals surface area contributed by atoms with Gasteiger partial charge in [-0.05, 0) is 51.0 Å². The highest BCUT2D eigenvalue weighted by atomic mass is 32.1. The van der Waals surface area contributed by atoms with Crippen LogP contribution in [0.2, 0.25) is 0 Å². The summed E-state index contributed by atoms with van der Waals surface area (Å²) in [6.07, 6.45) is 7.96. The van der Waals surface area contributed by atoms with Crippen LogP contribution in [0.5, 0.6) is 0 Å². The van der Waals surface area contributed by atoms with Gasteiger partial charge < -0.3 is 25.7 Å². The number of hydrogen-bond donors (Lipinski definition) is 4. The molecule has 4 heterocycles. The molecule has 1 aromatic rings. The number of carboxylic acid groups (broad SMARTS) is 2. The van der Waals surface area contributed by atoms with E-state index in [0.717, 1.165) is 70.5 Å². The quantitative estimate of drug-likeness (QED) is 0.478. The first-order valence-corrected chi connectivity index (χ1v) is 13.1. The molecule has 5 rings (SSSR count). The van der Waals surface area contributed by atoms with Gasteiger partial charge in [-0.3, -0.25) is 19.2 Å². The van der Waals surface area contributed by atoms with Gasteiger partial charge in [-0.2, -0.15) is 0 Å². The maximum absolute atomic E-state index is 13.1. The molecule has 4 aliphatic rings. The first-order valence-electron chi connectivity index (χ1n) is 12.3. The van der Waals surface area contributed by atoms with Crippen molar-refractivity contribution in [3.8, 4) is 0 Å². The van der Waals surface area contributed by atoms with Crippen molar-refractivity contribution in [3.05, 3.63) is 15.6 Å². The lowest BCUT2D eigenvalue weighted by molar-refractivity contribution is -0.157. The standard InChI is InChI=1S/C20H28N4O2S.2C2H4O2/c25-18-6-2-4-15-12-9-13(11-21-10-12)19(24(15)18)20(26)22-8-7-17-23-14-3-1-5-16(14)27-17;2*1-2(3)4/h12-13,15,19,21H,1-11H2,(H,22,26);2*1H3,(H,3,4)/t12-,13+,15+,19-;;/m1../s1. The summed E-state index contributed by atoms with van der Waals surface area (Å²) in [5, 5.41) is 22.6. The molecule has 1 aromatic heterocycles. The summed E-state index contributed by atoms with van der Waals surface area (Å²) >= 11 is 1.81. The molecule has 0 spiro atoms. The summed E-state index contributed by atoms with van der Waals surface area (Å²) in [4.78, 5) is 51.9. The third-order valence-electron chi connectivity index (χ3n) is 6.79. The molecule has 10 nitrogen and oxygen atoms in total. The lowest BCUT2D eigenvalue weighted by atomic mass is 9.72. The van der Waals surface area contributed by atoms with Crippen LogP contribution >= 0.6 is 11.3 Å². The highest BCUT2D eigenvalue weighted by Crippen LogP contribution is 2.39. The van der Waals surface area contributed by atoms with E-state index >= 15 is 0 Å². The Labute approximate surface area is 209 Å². The second kappa shape index (κ2) is 12.4. The Hall–Kier alpha value is -2.53. The lowest BCUT2D eigenvalue weighted by Gasteiger charge is -2.53. The van der Waals surface area contributed by atoms with Crippen molar-refractivity contribution in [3.63, 3.8) is 0 Å². The van der Waals surface area contributed by atoms with E-state index in [4.69, 9.17) is 24.8 Å². The van der Waals surface area contributed by atoms with Crippen LogP contribution in [0.4, 0.5) is 0 Å². The van der Waals surface area contributed by atoms with Gasteiger partial charge in [-0.1, -0.05) is 0 Å². The molecule has 4 N–H and O–H groups in total. The van der Waals surface area contributed by atoms with Crippen LogP contribution in [0.3, 0.4) is 0 Å². The Bertz CT molecular complexity index is 894. The van der Waals surface area contributed by atoms with Crippen LogP contribution in [-0.4, -0.2) is 75.6 Å². The van der Waals surface area contributed by atoms with E-state index in [1.54, 1.807) is 11.3 Å². The largest absolute Gasteiger partial charge is 0.481 e. The van der Waals surface area contributed by atoms with Crippen molar-refractivity contribution < 1.29 is 29.4 Å². The van der Waals surface area contributed by atoms with Crippen molar-refractivity contribution in [1.29, 1.82) is 0 Å². The van der Waals surface area contributed by atoms with Gasteiger partial charge in [0.2, 0.25) is 11.8 Å². The van der Waals surface area contributed by atoms with Gasteiger partial charge in [0.1, 0.15) is 6.04 Å². The minimum Gasteiger partial charge on any atom is -0.481 e. The Morgan fingerprint density at radius 2 is 1.77 bits per heavy atom. The molecule has 0 aromatic carbocycles. The van der Waals surface area contributed by atoms with Crippen LogP contribution in [0, 0.1) is 11.8 Å². The third-order valence-corrected chi connectivity index (χ3v) is 8.01. The summed E-state index contributed by atoms with van der Waals surface area (Å²) in [5.41, 5.74) is 1.27. The molecule has 3 saturated heterocycles. The topological polar surface area (TPSA) is 149 Å². The number of carbonyl (C=O) groups excluding carboxylic acids is 2. The van der Waals surface area contributed by atoms with Crippen LogP contribution in [0.1, 0.15) is 61.5 Å². The number of piperidine rings is 3. The van der Waals surface area contributed by atoms with E-state index in [2.05, 4.69) is 10.6 Å². The summed E-state index contributed by atoms with van der Waals surface area (Å²) < 4.78 is 0. The fraction of sp³-hybridized carbons (Fsp3) is 0.708. The Morgan fingerprint density at radius 3 is 2.46 bits per heavy atom. The summed E-state index contributed by atoms with van der Waals surface area (Å²) in [7, 11) is 0. The van der Waals surface area contributed by atoms with E-state index in [1.807, 2.05) is 4.90 Å². The van der Waals surface area contributed by atoms with E-state index in [1.165, 1.54) is 17.0 Å². The molecular weight excluding hydrogens is 472 g/mol. The average molecular weight is 509 g/mol. The molecule has 2 bridgehead atoms. The number of aryl methyl sites for hydroxylation is 2. The van der Waals surface area contributed by atoms with Crippen molar-refractivity contribution in [1.82, 2.24) is 20.5 Å². The minimum atomic E-state index is -0.833. The Balaban J connectivity index is 0.000000376. The minimum absolute atomic E-state index is 0.0338. The van der Waals surface area contributed by atoms with E-state index in [9.17, 15) is 9.59 Å². The van der Waals surface area contributed by atoms with Gasteiger partial charge in [0.25, 0.3) is 11.9 Å². The predicted molar refractivity (Wildman–Crippen MR) is 130 cm³/mol. The predicted octanol–water partition coefficient (Wildman–Crippen LogP) is 1.46. The molecule has 35 heavy (non-hydrogen) atoms. The molecule has 4 atom stereocenters. The van der Waals surface area contributed by atoms with Gasteiger partial charge in [0, 0.05) is 56.6 Å². The van der Waals surface area contributed by atoms with Crippen molar-refractivity contribution in [2.75, 3.05) is 19.6 Å². The fourth-order valence-electron chi connectivity index (χ4n) is 5.60. The molecule has 3 aliphatic heterocycles. The van der Waals surface area contributed by atoms with Gasteiger partial charge in [0.15, 0.2) is 0 Å². The summed E-state index contributed by atoms with van der Waals surface area (Å²) in [6.45, 7) is 4.59. The van der Waals surface area contributed by atoms with Crippen molar-refractivity contribution >= 4 is 35.1 Å². The Morgan fingerprint density at radius 1 is 1.09 bits per heavy atom. The molecule has 0 radical (unpaired) electrons. The number of aliphatic carboxylic acids is 2. The van der Waals surface area contributed by atoms with Gasteiger partial charge in [-0.25, -0.2) is 4.98 Å². The number of nitrogens with zero attached hydrogens (tertiary/aromatic N) is 2. The maximum atomic E-state index is 13.1. The van der Waals surface area contributed by atoms with Crippen LogP contribution in [0.15, 0.2) is 0 Å². The highest BCUT2D eigenvalue weighted by molar-refractivity contribution is 7.11. The molecule has 3 fully saturated rings. The van der Waals surface area contributed by atoms with Crippen molar-refractivity contribution in [2.45, 2.75) is 77.3 Å². The number of rotatable bonds is 4. The van der Waals surface area contributed by atoms with E-state index in [-0.39, 0.29) is 29.8 Å². The Kier molecular flexibility index (Phi) is 9.62. The zero-order chi connectivity index (χ0) is 25.5. The monoisotopic (exact) mass is 508 g/mol. The fourth-order valence-corrected chi connectivity index (χ4v) is 6.75. The molecule has 2 amide bonds. The number of carbonyl (C=O) groups is 4. The number of aromatic nitrogens is 1. The van der Waals surface area contributed by atoms with Crippen LogP contribution in [-0.2, 0) is 38.4 Å². The lowest BCUT2D eigenvalue weighted by Crippen LogP contribution is -2.68. The van der Waals surface area contributed by atoms with E-state index in [0.29, 0.717) is 18.9 Å². The number of nitrogens with one attached hydrogen (secondary N) is 2. The van der Waals surface area contributed by atoms with E-state index < -0.39 is 11.9 Å². The number of hydrogen-bond acceptors (Lipinski definition) is 7. The van der Waals surface area contributed by atoms with Gasteiger partial charge >= 0.3 is 0 Å². The molecule has 194 valence electrons. The first kappa shape index (κ1) is 27.1. The highest BCUT2D eigenvalue weighted by Gasteiger charge is 2.50. The maximum Gasteiger partial charge on any atom is 0.300 e. The molecule has 0 saturated carbocycles. The first-order chi connectivity index (χ1) is 16.7. The number of fused-ring (bicyclic) bond motifs is 5. The van der Waals surface area contributed by atoms with Gasteiger partial charge in [-0.15, -0.1) is 11.3 Å². The number of carboxylic acids is 2. The summed E-state index contributed by atoms with van der Waals surface area (Å²) in [6, 6.07) is -0.0545. The number of amides is 2. The van der Waals surface area contributed by atoms with Gasteiger partial charge in [0.05, 0.1) is 10.7 Å². The van der Waals surface area contributed by atoms with Crippen molar-refractivity contribution in [2.24, 2.45) is 11.8 Å². The summed E-state index contributed by atoms with van der Waals surface area (Å²) in [5.74, 6) is -0.702. The normalized spacial score (nSPS) is 26.2. The van der Waals surface area contributed by atoms with Crippen LogP contribution in [0.25, 0.3) is 0 Å². The second-order valence-electron chi connectivity index (χ2n) is 9.53. The van der Waals surface area contributed by atoms with Crippen LogP contribution < -0.4 is 10.6 Å². The molecule has 11 heteroatoms. The average Bonchev–Trinajstić information content (AvgIpc) is 3.36. The third kappa shape index (κ3) is 7.23. The smallest absolute Gasteiger partial charge is 0.300 e. The molecule has 1 aliphatic carbocycles. The molecular formula is C24H36N4O6S. The molecule has 0 unspecified atom stereocenters. The zero-order valence-corrected chi connectivity index (χ0v) is 21.2. The second-order valence-corrected chi connectivity index (χ2v) is 10.7.